The molecule has 0 bridgehead atoms. The van der Waals surface area contributed by atoms with Crippen molar-refractivity contribution in [2.75, 3.05) is 18.5 Å². The van der Waals surface area contributed by atoms with Gasteiger partial charge in [-0.3, -0.25) is 9.20 Å². The van der Waals surface area contributed by atoms with Crippen LogP contribution in [0.4, 0.5) is 5.82 Å². The van der Waals surface area contributed by atoms with Gasteiger partial charge in [-0.05, 0) is 50.1 Å². The third kappa shape index (κ3) is 4.44. The minimum atomic E-state index is -0.242. The summed E-state index contributed by atoms with van der Waals surface area (Å²) in [6, 6.07) is 19.1. The number of anilines is 1. The number of nitrogens with one attached hydrogen (secondary N) is 1. The van der Waals surface area contributed by atoms with Crippen LogP contribution in [0.2, 0.25) is 0 Å². The van der Waals surface area contributed by atoms with Crippen molar-refractivity contribution < 1.29 is 14.3 Å². The van der Waals surface area contributed by atoms with Crippen molar-refractivity contribution >= 4 is 17.4 Å². The molecule has 164 valence electrons. The summed E-state index contributed by atoms with van der Waals surface area (Å²) >= 11 is 0. The summed E-state index contributed by atoms with van der Waals surface area (Å²) in [5.41, 5.74) is 3.98. The Bertz CT molecular complexity index is 1230. The topological polar surface area (TPSA) is 64.9 Å². The van der Waals surface area contributed by atoms with Gasteiger partial charge in [-0.1, -0.05) is 43.3 Å². The second kappa shape index (κ2) is 9.56. The van der Waals surface area contributed by atoms with E-state index < -0.39 is 0 Å². The molecular weight excluding hydrogens is 402 g/mol. The Morgan fingerprint density at radius 1 is 1.00 bits per heavy atom. The average Bonchev–Trinajstić information content (AvgIpc) is 3.16. The molecule has 2 aromatic carbocycles. The lowest BCUT2D eigenvalue weighted by Gasteiger charge is -2.13. The van der Waals surface area contributed by atoms with Crippen molar-refractivity contribution in [3.8, 4) is 22.8 Å². The van der Waals surface area contributed by atoms with Crippen LogP contribution in [-0.2, 0) is 0 Å². The summed E-state index contributed by atoms with van der Waals surface area (Å²) in [4.78, 5) is 18.0. The molecule has 0 saturated carbocycles. The van der Waals surface area contributed by atoms with Crippen molar-refractivity contribution in [2.24, 2.45) is 0 Å². The van der Waals surface area contributed by atoms with Gasteiger partial charge in [0.1, 0.15) is 17.2 Å². The Morgan fingerprint density at radius 3 is 2.56 bits per heavy atom. The molecule has 0 aliphatic rings. The molecule has 0 fully saturated rings. The second-order valence-corrected chi connectivity index (χ2v) is 7.51. The first kappa shape index (κ1) is 21.4. The first-order valence-electron chi connectivity index (χ1n) is 10.9. The lowest BCUT2D eigenvalue weighted by atomic mass is 10.1. The molecule has 6 heteroatoms. The molecule has 0 unspecified atom stereocenters. The Balaban J connectivity index is 1.72. The highest BCUT2D eigenvalue weighted by atomic mass is 16.5. The maximum atomic E-state index is 13.3. The molecule has 1 amide bonds. The van der Waals surface area contributed by atoms with Crippen LogP contribution in [0.1, 0.15) is 36.2 Å². The van der Waals surface area contributed by atoms with Crippen LogP contribution in [0.3, 0.4) is 0 Å². The van der Waals surface area contributed by atoms with Crippen LogP contribution >= 0.6 is 0 Å². The van der Waals surface area contributed by atoms with Gasteiger partial charge in [0.2, 0.25) is 0 Å². The number of imidazole rings is 1. The highest BCUT2D eigenvalue weighted by molar-refractivity contribution is 6.06. The van der Waals surface area contributed by atoms with E-state index in [1.54, 1.807) is 18.2 Å². The molecule has 32 heavy (non-hydrogen) atoms. The van der Waals surface area contributed by atoms with E-state index in [4.69, 9.17) is 14.5 Å². The summed E-state index contributed by atoms with van der Waals surface area (Å²) in [6.07, 6.45) is 2.86. The van der Waals surface area contributed by atoms with Crippen molar-refractivity contribution in [2.45, 2.75) is 27.2 Å². The van der Waals surface area contributed by atoms with E-state index in [1.807, 2.05) is 73.8 Å². The molecule has 0 aliphatic carbocycles. The van der Waals surface area contributed by atoms with E-state index in [-0.39, 0.29) is 5.91 Å². The molecule has 4 aromatic rings. The van der Waals surface area contributed by atoms with Gasteiger partial charge in [0.25, 0.3) is 5.91 Å². The summed E-state index contributed by atoms with van der Waals surface area (Å²) in [7, 11) is 0. The van der Waals surface area contributed by atoms with Gasteiger partial charge >= 0.3 is 0 Å². The molecule has 2 aromatic heterocycles. The SMILES string of the molecule is CCCOc1ccc(C(=O)Nc2c(-c3ccccc3)nc3ccc(C)cn23)cc1OCC. The van der Waals surface area contributed by atoms with Crippen LogP contribution in [0, 0.1) is 6.92 Å². The van der Waals surface area contributed by atoms with Crippen molar-refractivity contribution in [3.05, 3.63) is 78.0 Å². The number of hydrogen-bond donors (Lipinski definition) is 1. The summed E-state index contributed by atoms with van der Waals surface area (Å²) in [6.45, 7) is 7.04. The molecule has 2 heterocycles. The monoisotopic (exact) mass is 429 g/mol. The zero-order valence-electron chi connectivity index (χ0n) is 18.6. The standard InChI is InChI=1S/C26H27N3O3/c1-4-15-32-21-13-12-20(16-22(21)31-5-2)26(30)28-25-24(19-9-7-6-8-10-19)27-23-14-11-18(3)17-29(23)25/h6-14,16-17H,4-5,15H2,1-3H3,(H,28,30). The molecule has 1 N–H and O–H groups in total. The fourth-order valence-electron chi connectivity index (χ4n) is 3.50. The maximum Gasteiger partial charge on any atom is 0.256 e. The lowest BCUT2D eigenvalue weighted by molar-refractivity contribution is 0.102. The van der Waals surface area contributed by atoms with Crippen molar-refractivity contribution in [1.29, 1.82) is 0 Å². The first-order chi connectivity index (χ1) is 15.6. The van der Waals surface area contributed by atoms with Crippen LogP contribution in [0.15, 0.2) is 66.9 Å². The number of pyridine rings is 1. The number of aromatic nitrogens is 2. The van der Waals surface area contributed by atoms with E-state index in [2.05, 4.69) is 5.32 Å². The van der Waals surface area contributed by atoms with Crippen molar-refractivity contribution in [3.63, 3.8) is 0 Å². The quantitative estimate of drug-likeness (QED) is 0.387. The smallest absolute Gasteiger partial charge is 0.256 e. The largest absolute Gasteiger partial charge is 0.490 e. The van der Waals surface area contributed by atoms with E-state index in [0.717, 1.165) is 28.9 Å². The fourth-order valence-corrected chi connectivity index (χ4v) is 3.50. The van der Waals surface area contributed by atoms with Gasteiger partial charge in [0.05, 0.1) is 13.2 Å². The summed E-state index contributed by atoms with van der Waals surface area (Å²) in [5, 5.41) is 3.07. The highest BCUT2D eigenvalue weighted by Gasteiger charge is 2.19. The number of ether oxygens (including phenoxy) is 2. The van der Waals surface area contributed by atoms with Gasteiger partial charge in [0.15, 0.2) is 11.5 Å². The number of amides is 1. The number of benzene rings is 2. The molecular formula is C26H27N3O3. The normalized spacial score (nSPS) is 10.8. The third-order valence-electron chi connectivity index (χ3n) is 5.01. The van der Waals surface area contributed by atoms with E-state index in [0.29, 0.717) is 36.1 Å². The zero-order chi connectivity index (χ0) is 22.5. The Morgan fingerprint density at radius 2 is 1.81 bits per heavy atom. The van der Waals surface area contributed by atoms with Gasteiger partial charge in [0, 0.05) is 17.3 Å². The maximum absolute atomic E-state index is 13.3. The van der Waals surface area contributed by atoms with Crippen molar-refractivity contribution in [1.82, 2.24) is 9.38 Å². The number of carbonyl (C=O) groups is 1. The second-order valence-electron chi connectivity index (χ2n) is 7.51. The predicted molar refractivity (Wildman–Crippen MR) is 127 cm³/mol. The van der Waals surface area contributed by atoms with Gasteiger partial charge in [-0.25, -0.2) is 4.98 Å². The van der Waals surface area contributed by atoms with Crippen LogP contribution in [0.5, 0.6) is 11.5 Å². The molecule has 6 nitrogen and oxygen atoms in total. The number of nitrogens with zero attached hydrogens (tertiary/aromatic N) is 2. The number of aryl methyl sites for hydroxylation is 1. The molecule has 0 radical (unpaired) electrons. The molecule has 0 aliphatic heterocycles. The van der Waals surface area contributed by atoms with E-state index >= 15 is 0 Å². The first-order valence-corrected chi connectivity index (χ1v) is 10.9. The van der Waals surface area contributed by atoms with Crippen LogP contribution in [0.25, 0.3) is 16.9 Å². The van der Waals surface area contributed by atoms with Crippen LogP contribution in [-0.4, -0.2) is 28.5 Å². The van der Waals surface area contributed by atoms with Crippen LogP contribution < -0.4 is 14.8 Å². The number of rotatable bonds is 8. The minimum Gasteiger partial charge on any atom is -0.490 e. The Hall–Kier alpha value is -3.80. The number of carbonyl (C=O) groups excluding carboxylic acids is 1. The van der Waals surface area contributed by atoms with Gasteiger partial charge in [-0.2, -0.15) is 0 Å². The summed E-state index contributed by atoms with van der Waals surface area (Å²) in [5.74, 6) is 1.59. The zero-order valence-corrected chi connectivity index (χ0v) is 18.6. The minimum absolute atomic E-state index is 0.242. The Labute approximate surface area is 187 Å². The lowest BCUT2D eigenvalue weighted by Crippen LogP contribution is -2.14. The van der Waals surface area contributed by atoms with Gasteiger partial charge in [-0.15, -0.1) is 0 Å². The average molecular weight is 430 g/mol. The Kier molecular flexibility index (Phi) is 6.40. The molecule has 0 atom stereocenters. The van der Waals surface area contributed by atoms with Gasteiger partial charge < -0.3 is 14.8 Å². The molecule has 0 spiro atoms. The number of hydrogen-bond acceptors (Lipinski definition) is 4. The van der Waals surface area contributed by atoms with E-state index in [1.165, 1.54) is 0 Å². The third-order valence-corrected chi connectivity index (χ3v) is 5.01. The number of fused-ring (bicyclic) bond motifs is 1. The predicted octanol–water partition coefficient (Wildman–Crippen LogP) is 5.75. The molecule has 4 rings (SSSR count). The summed E-state index contributed by atoms with van der Waals surface area (Å²) < 4.78 is 13.4. The highest BCUT2D eigenvalue weighted by Crippen LogP contribution is 2.31. The molecule has 0 saturated heterocycles. The van der Waals surface area contributed by atoms with E-state index in [9.17, 15) is 4.79 Å². The fraction of sp³-hybridized carbons (Fsp3) is 0.231.